The summed E-state index contributed by atoms with van der Waals surface area (Å²) in [6, 6.07) is 4.58. The minimum Gasteiger partial charge on any atom is -0.443 e. The third kappa shape index (κ3) is 1.76. The van der Waals surface area contributed by atoms with E-state index in [9.17, 15) is 18.0 Å². The maximum absolute atomic E-state index is 12.1. The van der Waals surface area contributed by atoms with Crippen molar-refractivity contribution in [3.05, 3.63) is 29.3 Å². The highest BCUT2D eigenvalue weighted by atomic mass is 32.2. The minimum atomic E-state index is -3.91. The molecule has 0 aliphatic carbocycles. The predicted octanol–water partition coefficient (Wildman–Crippen LogP) is 0.660. The second kappa shape index (κ2) is 4.09. The van der Waals surface area contributed by atoms with Crippen molar-refractivity contribution < 1.29 is 22.7 Å². The van der Waals surface area contributed by atoms with Crippen molar-refractivity contribution in [1.29, 1.82) is 0 Å². The molecule has 0 atom stereocenters. The largest absolute Gasteiger partial charge is 0.443 e. The van der Waals surface area contributed by atoms with E-state index in [1.54, 1.807) is 19.1 Å². The Morgan fingerprint density at radius 3 is 2.61 bits per heavy atom. The SMILES string of the molecule is CC(=O)OCN1C(=O)c2c(C)cccc2S1(=O)=O. The molecule has 96 valence electrons. The molecule has 0 fully saturated rings. The lowest BCUT2D eigenvalue weighted by atomic mass is 10.1. The molecule has 7 heteroatoms. The summed E-state index contributed by atoms with van der Waals surface area (Å²) >= 11 is 0. The van der Waals surface area contributed by atoms with Gasteiger partial charge in [0, 0.05) is 6.92 Å². The lowest BCUT2D eigenvalue weighted by Gasteiger charge is -2.13. The van der Waals surface area contributed by atoms with Crippen LogP contribution in [0.2, 0.25) is 0 Å². The van der Waals surface area contributed by atoms with Crippen LogP contribution in [0, 0.1) is 6.92 Å². The smallest absolute Gasteiger partial charge is 0.304 e. The molecular formula is C11H11NO5S. The molecule has 2 rings (SSSR count). The molecule has 0 bridgehead atoms. The van der Waals surface area contributed by atoms with Gasteiger partial charge < -0.3 is 4.74 Å². The number of aryl methyl sites for hydroxylation is 1. The maximum atomic E-state index is 12.1. The van der Waals surface area contributed by atoms with E-state index in [-0.39, 0.29) is 10.5 Å². The van der Waals surface area contributed by atoms with Crippen LogP contribution in [-0.4, -0.2) is 31.3 Å². The molecule has 0 aromatic heterocycles. The van der Waals surface area contributed by atoms with Gasteiger partial charge in [0.2, 0.25) is 0 Å². The monoisotopic (exact) mass is 269 g/mol. The molecule has 6 nitrogen and oxygen atoms in total. The van der Waals surface area contributed by atoms with Gasteiger partial charge >= 0.3 is 5.97 Å². The zero-order chi connectivity index (χ0) is 13.5. The molecule has 1 aliphatic rings. The summed E-state index contributed by atoms with van der Waals surface area (Å²) in [6.07, 6.45) is 0. The molecule has 0 unspecified atom stereocenters. The normalized spacial score (nSPS) is 16.6. The summed E-state index contributed by atoms with van der Waals surface area (Å²) in [5.41, 5.74) is 0.719. The lowest BCUT2D eigenvalue weighted by molar-refractivity contribution is -0.142. The molecule has 18 heavy (non-hydrogen) atoms. The molecule has 1 amide bonds. The Bertz CT molecular complexity index is 635. The summed E-state index contributed by atoms with van der Waals surface area (Å²) in [5, 5.41) is 0. The number of hydrogen-bond donors (Lipinski definition) is 0. The van der Waals surface area contributed by atoms with Crippen molar-refractivity contribution in [2.24, 2.45) is 0 Å². The first kappa shape index (κ1) is 12.6. The van der Waals surface area contributed by atoms with Crippen LogP contribution in [0.4, 0.5) is 0 Å². The van der Waals surface area contributed by atoms with Crippen molar-refractivity contribution in [3.8, 4) is 0 Å². The number of carbonyl (C=O) groups is 2. The van der Waals surface area contributed by atoms with E-state index in [2.05, 4.69) is 4.74 Å². The third-order valence-electron chi connectivity index (χ3n) is 2.63. The van der Waals surface area contributed by atoms with E-state index in [1.807, 2.05) is 0 Å². The van der Waals surface area contributed by atoms with Gasteiger partial charge in [-0.3, -0.25) is 9.59 Å². The van der Waals surface area contributed by atoms with Crippen LogP contribution in [-0.2, 0) is 19.6 Å². The Hall–Kier alpha value is -1.89. The first-order valence-corrected chi connectivity index (χ1v) is 6.59. The molecule has 0 radical (unpaired) electrons. The van der Waals surface area contributed by atoms with Crippen LogP contribution in [0.3, 0.4) is 0 Å². The topological polar surface area (TPSA) is 80.8 Å². The third-order valence-corrected chi connectivity index (χ3v) is 4.38. The zero-order valence-corrected chi connectivity index (χ0v) is 10.7. The molecular weight excluding hydrogens is 258 g/mol. The lowest BCUT2D eigenvalue weighted by Crippen LogP contribution is -2.33. The first-order valence-electron chi connectivity index (χ1n) is 5.15. The Labute approximate surface area is 104 Å². The van der Waals surface area contributed by atoms with Gasteiger partial charge in [0.15, 0.2) is 6.73 Å². The van der Waals surface area contributed by atoms with E-state index < -0.39 is 28.6 Å². The molecule has 0 saturated carbocycles. The van der Waals surface area contributed by atoms with Crippen LogP contribution < -0.4 is 0 Å². The molecule has 1 aliphatic heterocycles. The predicted molar refractivity (Wildman–Crippen MR) is 61.2 cm³/mol. The highest BCUT2D eigenvalue weighted by Gasteiger charge is 2.42. The summed E-state index contributed by atoms with van der Waals surface area (Å²) in [5.74, 6) is -1.31. The van der Waals surface area contributed by atoms with Gasteiger partial charge in [-0.2, -0.15) is 4.31 Å². The first-order chi connectivity index (χ1) is 8.35. The van der Waals surface area contributed by atoms with Crippen LogP contribution in [0.5, 0.6) is 0 Å². The van der Waals surface area contributed by atoms with E-state index in [4.69, 9.17) is 0 Å². The number of esters is 1. The van der Waals surface area contributed by atoms with Gasteiger partial charge in [-0.05, 0) is 18.6 Å². The molecule has 1 heterocycles. The van der Waals surface area contributed by atoms with Crippen LogP contribution >= 0.6 is 0 Å². The Morgan fingerprint density at radius 1 is 1.39 bits per heavy atom. The number of fused-ring (bicyclic) bond motifs is 1. The fourth-order valence-electron chi connectivity index (χ4n) is 1.76. The van der Waals surface area contributed by atoms with Gasteiger partial charge in [-0.1, -0.05) is 12.1 Å². The van der Waals surface area contributed by atoms with Gasteiger partial charge in [0.05, 0.1) is 5.56 Å². The van der Waals surface area contributed by atoms with Crippen molar-refractivity contribution in [2.45, 2.75) is 18.7 Å². The highest BCUT2D eigenvalue weighted by Crippen LogP contribution is 2.31. The Kier molecular flexibility index (Phi) is 2.86. The second-order valence-electron chi connectivity index (χ2n) is 3.87. The standard InChI is InChI=1S/C11H11NO5S/c1-7-4-3-5-9-10(7)11(14)12(18(9,15)16)6-17-8(2)13/h3-5H,6H2,1-2H3. The number of nitrogens with zero attached hydrogens (tertiary/aromatic N) is 1. The highest BCUT2D eigenvalue weighted by molar-refractivity contribution is 7.90. The van der Waals surface area contributed by atoms with Crippen LogP contribution in [0.1, 0.15) is 22.8 Å². The number of sulfonamides is 1. The van der Waals surface area contributed by atoms with E-state index in [0.29, 0.717) is 9.87 Å². The molecule has 0 spiro atoms. The van der Waals surface area contributed by atoms with Gasteiger partial charge in [0.25, 0.3) is 15.9 Å². The summed E-state index contributed by atoms with van der Waals surface area (Å²) in [4.78, 5) is 22.7. The van der Waals surface area contributed by atoms with Gasteiger partial charge in [0.1, 0.15) is 4.90 Å². The zero-order valence-electron chi connectivity index (χ0n) is 9.84. The summed E-state index contributed by atoms with van der Waals surface area (Å²) in [7, 11) is -3.91. The van der Waals surface area contributed by atoms with Crippen molar-refractivity contribution in [2.75, 3.05) is 6.73 Å². The van der Waals surface area contributed by atoms with E-state index in [1.165, 1.54) is 6.07 Å². The number of ether oxygens (including phenoxy) is 1. The molecule has 1 aromatic carbocycles. The average molecular weight is 269 g/mol. The average Bonchev–Trinajstić information content (AvgIpc) is 2.46. The Morgan fingerprint density at radius 2 is 2.06 bits per heavy atom. The molecule has 1 aromatic rings. The van der Waals surface area contributed by atoms with Crippen LogP contribution in [0.25, 0.3) is 0 Å². The number of amides is 1. The number of hydrogen-bond acceptors (Lipinski definition) is 5. The number of rotatable bonds is 2. The van der Waals surface area contributed by atoms with E-state index >= 15 is 0 Å². The Balaban J connectivity index is 2.48. The van der Waals surface area contributed by atoms with Crippen molar-refractivity contribution in [1.82, 2.24) is 4.31 Å². The summed E-state index contributed by atoms with van der Waals surface area (Å²) in [6.45, 7) is 2.21. The fourth-order valence-corrected chi connectivity index (χ4v) is 3.26. The quantitative estimate of drug-likeness (QED) is 0.737. The van der Waals surface area contributed by atoms with Crippen molar-refractivity contribution >= 4 is 21.9 Å². The van der Waals surface area contributed by atoms with E-state index in [0.717, 1.165) is 6.92 Å². The van der Waals surface area contributed by atoms with Crippen molar-refractivity contribution in [3.63, 3.8) is 0 Å². The minimum absolute atomic E-state index is 0.0420. The van der Waals surface area contributed by atoms with Gasteiger partial charge in [-0.15, -0.1) is 0 Å². The van der Waals surface area contributed by atoms with Crippen LogP contribution in [0.15, 0.2) is 23.1 Å². The maximum Gasteiger partial charge on any atom is 0.304 e. The van der Waals surface area contributed by atoms with Gasteiger partial charge in [-0.25, -0.2) is 8.42 Å². The second-order valence-corrected chi connectivity index (χ2v) is 5.70. The summed E-state index contributed by atoms with van der Waals surface area (Å²) < 4.78 is 29.3. The number of benzene rings is 1. The fraction of sp³-hybridized carbons (Fsp3) is 0.273. The molecule has 0 N–H and O–H groups in total. The number of carbonyl (C=O) groups excluding carboxylic acids is 2. The molecule has 0 saturated heterocycles.